The third-order valence-corrected chi connectivity index (χ3v) is 5.29. The summed E-state index contributed by atoms with van der Waals surface area (Å²) < 4.78 is 1.55. The van der Waals surface area contributed by atoms with Crippen molar-refractivity contribution >= 4 is 27.9 Å². The molecule has 0 amide bonds. The molecule has 0 bridgehead atoms. The minimum Gasteiger partial charge on any atom is -0.358 e. The number of thiazole rings is 1. The van der Waals surface area contributed by atoms with Crippen molar-refractivity contribution in [1.29, 1.82) is 0 Å². The van der Waals surface area contributed by atoms with Gasteiger partial charge in [-0.1, -0.05) is 41.7 Å². The van der Waals surface area contributed by atoms with E-state index in [1.807, 2.05) is 35.5 Å². The van der Waals surface area contributed by atoms with Gasteiger partial charge in [-0.15, -0.1) is 0 Å². The molecule has 0 spiro atoms. The van der Waals surface area contributed by atoms with Gasteiger partial charge in [-0.2, -0.15) is 9.38 Å². The van der Waals surface area contributed by atoms with E-state index < -0.39 is 0 Å². The predicted octanol–water partition coefficient (Wildman–Crippen LogP) is 3.47. The molecule has 0 saturated heterocycles. The van der Waals surface area contributed by atoms with Gasteiger partial charge in [0.25, 0.3) is 4.96 Å². The van der Waals surface area contributed by atoms with Gasteiger partial charge < -0.3 is 15.0 Å². The summed E-state index contributed by atoms with van der Waals surface area (Å²) in [5.41, 5.74) is 1.40. The molecule has 2 aromatic heterocycles. The van der Waals surface area contributed by atoms with Gasteiger partial charge in [0.15, 0.2) is 0 Å². The average molecular weight is 328 g/mol. The van der Waals surface area contributed by atoms with E-state index in [2.05, 4.69) is 17.1 Å². The van der Waals surface area contributed by atoms with Crippen LogP contribution in [0.5, 0.6) is 0 Å². The second-order valence-corrected chi connectivity index (χ2v) is 6.95. The molecule has 0 atom stereocenters. The van der Waals surface area contributed by atoms with E-state index in [0.29, 0.717) is 10.8 Å². The summed E-state index contributed by atoms with van der Waals surface area (Å²) in [5.74, 6) is 0.497. The van der Waals surface area contributed by atoms with Gasteiger partial charge in [-0.05, 0) is 23.3 Å². The predicted molar refractivity (Wildman–Crippen MR) is 90.3 cm³/mol. The Balaban J connectivity index is 1.68. The Labute approximate surface area is 137 Å². The molecule has 2 heterocycles. The highest BCUT2D eigenvalue weighted by atomic mass is 32.1. The van der Waals surface area contributed by atoms with Crippen molar-refractivity contribution in [3.63, 3.8) is 0 Å². The summed E-state index contributed by atoms with van der Waals surface area (Å²) in [6.07, 6.45) is 3.92. The zero-order chi connectivity index (χ0) is 16.0. The molecule has 1 aliphatic rings. The molecule has 118 valence electrons. The van der Waals surface area contributed by atoms with Crippen LogP contribution in [0.25, 0.3) is 4.96 Å². The highest BCUT2D eigenvalue weighted by Crippen LogP contribution is 2.49. The topological polar surface area (TPSA) is 63.7 Å². The Bertz CT molecular complexity index is 867. The van der Waals surface area contributed by atoms with Gasteiger partial charge >= 0.3 is 5.82 Å². The van der Waals surface area contributed by atoms with E-state index in [9.17, 15) is 10.1 Å². The molecule has 7 heteroatoms. The third kappa shape index (κ3) is 2.28. The molecule has 6 nitrogen and oxygen atoms in total. The van der Waals surface area contributed by atoms with Crippen molar-refractivity contribution in [3.8, 4) is 0 Å². The number of rotatable bonds is 5. The van der Waals surface area contributed by atoms with Crippen LogP contribution < -0.4 is 4.90 Å². The van der Waals surface area contributed by atoms with Crippen LogP contribution in [0, 0.1) is 10.1 Å². The molecule has 1 aromatic carbocycles. The number of anilines is 1. The first-order chi connectivity index (χ1) is 11.1. The fourth-order valence-electron chi connectivity index (χ4n) is 3.20. The van der Waals surface area contributed by atoms with E-state index in [1.54, 1.807) is 10.6 Å². The first-order valence-electron chi connectivity index (χ1n) is 7.47. The number of imidazole rings is 1. The zero-order valence-electron chi connectivity index (χ0n) is 12.7. The molecule has 1 aliphatic carbocycles. The van der Waals surface area contributed by atoms with E-state index in [4.69, 9.17) is 0 Å². The molecule has 0 aliphatic heterocycles. The quantitative estimate of drug-likeness (QED) is 0.531. The van der Waals surface area contributed by atoms with E-state index >= 15 is 0 Å². The summed E-state index contributed by atoms with van der Waals surface area (Å²) in [7, 11) is 1.89. The Morgan fingerprint density at radius 1 is 1.39 bits per heavy atom. The number of nitro groups is 1. The summed E-state index contributed by atoms with van der Waals surface area (Å²) in [5, 5.41) is 13.3. The highest BCUT2D eigenvalue weighted by molar-refractivity contribution is 7.15. The average Bonchev–Trinajstić information content (AvgIpc) is 3.02. The fourth-order valence-corrected chi connectivity index (χ4v) is 3.90. The van der Waals surface area contributed by atoms with Crippen LogP contribution in [0.1, 0.15) is 18.4 Å². The molecule has 3 aromatic rings. The zero-order valence-corrected chi connectivity index (χ0v) is 13.5. The number of benzene rings is 1. The summed E-state index contributed by atoms with van der Waals surface area (Å²) in [6, 6.07) is 10.4. The highest BCUT2D eigenvalue weighted by Gasteiger charge is 2.46. The molecule has 1 saturated carbocycles. The van der Waals surface area contributed by atoms with Crippen LogP contribution in [-0.4, -0.2) is 27.9 Å². The van der Waals surface area contributed by atoms with Crippen molar-refractivity contribution in [2.24, 2.45) is 0 Å². The van der Waals surface area contributed by atoms with E-state index in [1.165, 1.54) is 16.9 Å². The number of nitrogens with zero attached hydrogens (tertiary/aromatic N) is 4. The van der Waals surface area contributed by atoms with Crippen LogP contribution in [0.15, 0.2) is 41.9 Å². The van der Waals surface area contributed by atoms with Gasteiger partial charge in [0.2, 0.25) is 5.82 Å². The minimum absolute atomic E-state index is 0.0487. The molecular weight excluding hydrogens is 312 g/mol. The summed E-state index contributed by atoms with van der Waals surface area (Å²) in [4.78, 5) is 18.2. The Morgan fingerprint density at radius 3 is 2.78 bits per heavy atom. The van der Waals surface area contributed by atoms with Crippen LogP contribution in [0.2, 0.25) is 0 Å². The van der Waals surface area contributed by atoms with Gasteiger partial charge in [0.05, 0.1) is 0 Å². The van der Waals surface area contributed by atoms with Crippen molar-refractivity contribution in [3.05, 3.63) is 57.6 Å². The summed E-state index contributed by atoms with van der Waals surface area (Å²) in [6.45, 7) is 0.739. The Kier molecular flexibility index (Phi) is 3.12. The smallest absolute Gasteiger partial charge is 0.358 e. The minimum atomic E-state index is -0.347. The van der Waals surface area contributed by atoms with E-state index in [-0.39, 0.29) is 16.2 Å². The molecule has 0 radical (unpaired) electrons. The number of fused-ring (bicyclic) bond motifs is 1. The number of aromatic nitrogens is 2. The lowest BCUT2D eigenvalue weighted by Crippen LogP contribution is -2.29. The maximum absolute atomic E-state index is 11.5. The van der Waals surface area contributed by atoms with Crippen LogP contribution in [0.3, 0.4) is 0 Å². The van der Waals surface area contributed by atoms with Gasteiger partial charge in [0.1, 0.15) is 6.20 Å². The maximum Gasteiger partial charge on any atom is 0.373 e. The molecule has 0 unspecified atom stereocenters. The van der Waals surface area contributed by atoms with E-state index in [0.717, 1.165) is 19.4 Å². The maximum atomic E-state index is 11.5. The number of hydrogen-bond donors (Lipinski definition) is 0. The lowest BCUT2D eigenvalue weighted by atomic mass is 9.95. The molecule has 1 fully saturated rings. The van der Waals surface area contributed by atoms with Gasteiger partial charge in [0, 0.05) is 24.4 Å². The lowest BCUT2D eigenvalue weighted by Gasteiger charge is -2.23. The first kappa shape index (κ1) is 14.2. The molecular formula is C16H16N4O2S. The lowest BCUT2D eigenvalue weighted by molar-refractivity contribution is -0.389. The van der Waals surface area contributed by atoms with Gasteiger partial charge in [-0.3, -0.25) is 0 Å². The fraction of sp³-hybridized carbons (Fsp3) is 0.312. The SMILES string of the molecule is CN(CC1(c2ccccc2)CC1)c1nc2sccn2c1[N+](=O)[O-]. The van der Waals surface area contributed by atoms with Crippen LogP contribution in [0.4, 0.5) is 11.6 Å². The normalized spacial score (nSPS) is 15.7. The number of likely N-dealkylation sites (N-methyl/N-ethyl adjacent to an activating group) is 1. The Hall–Kier alpha value is -2.41. The van der Waals surface area contributed by atoms with Gasteiger partial charge in [-0.25, -0.2) is 0 Å². The van der Waals surface area contributed by atoms with Crippen LogP contribution in [-0.2, 0) is 5.41 Å². The molecule has 0 N–H and O–H groups in total. The molecule has 4 rings (SSSR count). The van der Waals surface area contributed by atoms with Crippen LogP contribution >= 0.6 is 11.3 Å². The second-order valence-electron chi connectivity index (χ2n) is 6.07. The largest absolute Gasteiger partial charge is 0.373 e. The monoisotopic (exact) mass is 328 g/mol. The Morgan fingerprint density at radius 2 is 2.13 bits per heavy atom. The van der Waals surface area contributed by atoms with Crippen molar-refractivity contribution in [2.75, 3.05) is 18.5 Å². The third-order valence-electron chi connectivity index (χ3n) is 4.53. The molecule has 23 heavy (non-hydrogen) atoms. The summed E-state index contributed by atoms with van der Waals surface area (Å²) >= 11 is 1.41. The van der Waals surface area contributed by atoms with Crippen molar-refractivity contribution in [2.45, 2.75) is 18.3 Å². The standard InChI is InChI=1S/C16H16N4O2S/c1-18(11-16(7-8-16)12-5-3-2-4-6-12)13-14(20(21)22)19-9-10-23-15(19)17-13/h2-6,9-10H,7-8,11H2,1H3. The second kappa shape index (κ2) is 5.06. The van der Waals surface area contributed by atoms with Crippen molar-refractivity contribution < 1.29 is 4.92 Å². The number of hydrogen-bond acceptors (Lipinski definition) is 5. The first-order valence-corrected chi connectivity index (χ1v) is 8.35. The van der Waals surface area contributed by atoms with Crippen molar-refractivity contribution in [1.82, 2.24) is 9.38 Å².